The highest BCUT2D eigenvalue weighted by Gasteiger charge is 2.25. The van der Waals surface area contributed by atoms with E-state index in [1.807, 2.05) is 0 Å². The lowest BCUT2D eigenvalue weighted by atomic mass is 10.1. The minimum Gasteiger partial charge on any atom is -0.176 e. The summed E-state index contributed by atoms with van der Waals surface area (Å²) in [6, 6.07) is 0. The van der Waals surface area contributed by atoms with Crippen LogP contribution in [0.15, 0.2) is 0 Å². The average Bonchev–Trinajstić information content (AvgIpc) is 2.07. The monoisotopic (exact) mass is 228 g/mol. The molecular weight excluding hydrogens is 209 g/mol. The van der Waals surface area contributed by atoms with Crippen LogP contribution in [0.2, 0.25) is 0 Å². The lowest BCUT2D eigenvalue weighted by Crippen LogP contribution is -2.07. The molecule has 14 heavy (non-hydrogen) atoms. The molecule has 0 aromatic carbocycles. The maximum atomic E-state index is 11.8. The largest absolute Gasteiger partial charge is 0.389 e. The molecule has 4 heteroatoms. The molecule has 0 saturated carbocycles. The topological polar surface area (TPSA) is 0 Å². The van der Waals surface area contributed by atoms with Crippen LogP contribution >= 0.6 is 12.6 Å². The van der Waals surface area contributed by atoms with Crippen LogP contribution in [0.25, 0.3) is 0 Å². The second-order valence-electron chi connectivity index (χ2n) is 3.66. The average molecular weight is 228 g/mol. The Balaban J connectivity index is 3.27. The van der Waals surface area contributed by atoms with Gasteiger partial charge in [-0.25, -0.2) is 0 Å². The molecule has 0 N–H and O–H groups in total. The predicted octanol–water partition coefficient (Wildman–Crippen LogP) is 4.60. The quantitative estimate of drug-likeness (QED) is 0.478. The first kappa shape index (κ1) is 14.1. The van der Waals surface area contributed by atoms with Crippen molar-refractivity contribution in [3.8, 4) is 0 Å². The van der Waals surface area contributed by atoms with Gasteiger partial charge in [0.25, 0.3) is 0 Å². The van der Waals surface area contributed by atoms with Crippen molar-refractivity contribution in [3.05, 3.63) is 0 Å². The van der Waals surface area contributed by atoms with Gasteiger partial charge in [-0.15, -0.1) is 0 Å². The summed E-state index contributed by atoms with van der Waals surface area (Å²) < 4.78 is 35.3. The van der Waals surface area contributed by atoms with Crippen molar-refractivity contribution < 1.29 is 13.2 Å². The van der Waals surface area contributed by atoms with Crippen molar-refractivity contribution in [3.63, 3.8) is 0 Å². The zero-order valence-corrected chi connectivity index (χ0v) is 9.50. The molecule has 0 aliphatic heterocycles. The highest BCUT2D eigenvalue weighted by molar-refractivity contribution is 7.80. The van der Waals surface area contributed by atoms with E-state index in [-0.39, 0.29) is 11.7 Å². The van der Waals surface area contributed by atoms with Crippen molar-refractivity contribution >= 4 is 12.6 Å². The van der Waals surface area contributed by atoms with E-state index in [0.717, 1.165) is 25.7 Å². The van der Waals surface area contributed by atoms with Crippen molar-refractivity contribution in [1.82, 2.24) is 0 Å². The Labute approximate surface area is 89.7 Å². The summed E-state index contributed by atoms with van der Waals surface area (Å²) in [5.74, 6) is 0. The normalized spacial score (nSPS) is 14.4. The maximum absolute atomic E-state index is 11.8. The second kappa shape index (κ2) is 7.43. The SMILES string of the molecule is CCCCC(S)CCCCC(F)(F)F. The Morgan fingerprint density at radius 2 is 1.64 bits per heavy atom. The molecule has 0 amide bonds. The molecule has 0 aromatic rings. The van der Waals surface area contributed by atoms with E-state index in [1.165, 1.54) is 0 Å². The summed E-state index contributed by atoms with van der Waals surface area (Å²) in [7, 11) is 0. The number of thiol groups is 1. The second-order valence-corrected chi connectivity index (χ2v) is 4.39. The van der Waals surface area contributed by atoms with Gasteiger partial charge in [-0.3, -0.25) is 0 Å². The molecule has 0 heterocycles. The van der Waals surface area contributed by atoms with E-state index in [2.05, 4.69) is 19.6 Å². The van der Waals surface area contributed by atoms with Gasteiger partial charge in [0.2, 0.25) is 0 Å². The summed E-state index contributed by atoms with van der Waals surface area (Å²) in [5.41, 5.74) is 0. The van der Waals surface area contributed by atoms with Crippen LogP contribution in [0.1, 0.15) is 51.9 Å². The molecule has 0 bridgehead atoms. The highest BCUT2D eigenvalue weighted by Crippen LogP contribution is 2.24. The standard InChI is InChI=1S/C10H19F3S/c1-2-3-6-9(14)7-4-5-8-10(11,12)13/h9,14H,2-8H2,1H3. The van der Waals surface area contributed by atoms with Crippen LogP contribution in [0, 0.1) is 0 Å². The van der Waals surface area contributed by atoms with E-state index < -0.39 is 12.6 Å². The molecule has 0 nitrogen and oxygen atoms in total. The number of halogens is 3. The Bertz CT molecular complexity index is 134. The molecule has 0 radical (unpaired) electrons. The third-order valence-corrected chi connectivity index (χ3v) is 2.65. The first-order valence-electron chi connectivity index (χ1n) is 5.20. The van der Waals surface area contributed by atoms with E-state index in [4.69, 9.17) is 0 Å². The summed E-state index contributed by atoms with van der Waals surface area (Å²) >= 11 is 4.33. The van der Waals surface area contributed by atoms with Gasteiger partial charge in [0.15, 0.2) is 0 Å². The molecule has 0 aliphatic carbocycles. The Hall–Kier alpha value is 0.140. The van der Waals surface area contributed by atoms with Crippen LogP contribution in [-0.2, 0) is 0 Å². The Kier molecular flexibility index (Phi) is 7.51. The molecule has 0 spiro atoms. The third-order valence-electron chi connectivity index (χ3n) is 2.14. The van der Waals surface area contributed by atoms with Crippen molar-refractivity contribution in [2.75, 3.05) is 0 Å². The number of hydrogen-bond acceptors (Lipinski definition) is 1. The van der Waals surface area contributed by atoms with Crippen LogP contribution in [0.3, 0.4) is 0 Å². The fourth-order valence-corrected chi connectivity index (χ4v) is 1.65. The van der Waals surface area contributed by atoms with E-state index in [1.54, 1.807) is 0 Å². The molecule has 86 valence electrons. The number of alkyl halides is 3. The molecule has 0 fully saturated rings. The van der Waals surface area contributed by atoms with Crippen LogP contribution in [-0.4, -0.2) is 11.4 Å². The number of rotatable bonds is 7. The smallest absolute Gasteiger partial charge is 0.176 e. The van der Waals surface area contributed by atoms with Gasteiger partial charge >= 0.3 is 6.18 Å². The Morgan fingerprint density at radius 1 is 1.07 bits per heavy atom. The van der Waals surface area contributed by atoms with Crippen molar-refractivity contribution in [2.24, 2.45) is 0 Å². The zero-order valence-electron chi connectivity index (χ0n) is 8.61. The van der Waals surface area contributed by atoms with Crippen molar-refractivity contribution in [1.29, 1.82) is 0 Å². The van der Waals surface area contributed by atoms with Crippen LogP contribution in [0.5, 0.6) is 0 Å². The van der Waals surface area contributed by atoms with Gasteiger partial charge in [-0.2, -0.15) is 25.8 Å². The van der Waals surface area contributed by atoms with Gasteiger partial charge in [0, 0.05) is 11.7 Å². The number of hydrogen-bond donors (Lipinski definition) is 1. The summed E-state index contributed by atoms with van der Waals surface area (Å²) in [6.07, 6.45) is 0.304. The van der Waals surface area contributed by atoms with Gasteiger partial charge in [0.05, 0.1) is 0 Å². The minimum atomic E-state index is -3.99. The first-order chi connectivity index (χ1) is 6.45. The van der Waals surface area contributed by atoms with Crippen LogP contribution < -0.4 is 0 Å². The highest BCUT2D eigenvalue weighted by atomic mass is 32.1. The van der Waals surface area contributed by atoms with Crippen LogP contribution in [0.4, 0.5) is 13.2 Å². The maximum Gasteiger partial charge on any atom is 0.389 e. The summed E-state index contributed by atoms with van der Waals surface area (Å²) in [6.45, 7) is 2.10. The first-order valence-corrected chi connectivity index (χ1v) is 5.72. The molecule has 0 saturated heterocycles. The van der Waals surface area contributed by atoms with Crippen molar-refractivity contribution in [2.45, 2.75) is 63.3 Å². The molecule has 0 aromatic heterocycles. The summed E-state index contributed by atoms with van der Waals surface area (Å²) in [5, 5.41) is 0.281. The fraction of sp³-hybridized carbons (Fsp3) is 1.00. The van der Waals surface area contributed by atoms with Gasteiger partial charge in [-0.05, 0) is 19.3 Å². The number of unbranched alkanes of at least 4 members (excludes halogenated alkanes) is 2. The molecule has 1 atom stereocenters. The minimum absolute atomic E-state index is 0.243. The molecule has 0 rings (SSSR count). The lowest BCUT2D eigenvalue weighted by Gasteiger charge is -2.10. The fourth-order valence-electron chi connectivity index (χ4n) is 1.29. The molecule has 0 aliphatic rings. The molecule has 1 unspecified atom stereocenters. The third kappa shape index (κ3) is 10.2. The zero-order chi connectivity index (χ0) is 11.0. The Morgan fingerprint density at radius 3 is 2.14 bits per heavy atom. The van der Waals surface area contributed by atoms with E-state index in [9.17, 15) is 13.2 Å². The summed E-state index contributed by atoms with van der Waals surface area (Å²) in [4.78, 5) is 0. The van der Waals surface area contributed by atoms with Gasteiger partial charge < -0.3 is 0 Å². The van der Waals surface area contributed by atoms with Gasteiger partial charge in [-0.1, -0.05) is 26.2 Å². The van der Waals surface area contributed by atoms with E-state index in [0.29, 0.717) is 6.42 Å². The van der Waals surface area contributed by atoms with Gasteiger partial charge in [0.1, 0.15) is 0 Å². The predicted molar refractivity (Wildman–Crippen MR) is 56.8 cm³/mol. The lowest BCUT2D eigenvalue weighted by molar-refractivity contribution is -0.135. The van der Waals surface area contributed by atoms with E-state index >= 15 is 0 Å². The molecular formula is C10H19F3S.